The van der Waals surface area contributed by atoms with Crippen molar-refractivity contribution in [1.29, 1.82) is 0 Å². The van der Waals surface area contributed by atoms with Gasteiger partial charge in [-0.05, 0) is 18.2 Å². The lowest BCUT2D eigenvalue weighted by atomic mass is 10.3. The van der Waals surface area contributed by atoms with E-state index in [0.29, 0.717) is 4.47 Å². The Morgan fingerprint density at radius 2 is 2.00 bits per heavy atom. The number of benzene rings is 1. The van der Waals surface area contributed by atoms with E-state index in [4.69, 9.17) is 11.6 Å². The molecule has 0 bridgehead atoms. The number of rotatable bonds is 2. The Kier molecular flexibility index (Phi) is 3.66. The first-order chi connectivity index (χ1) is 6.38. The second kappa shape index (κ2) is 4.40. The molecule has 14 heavy (non-hydrogen) atoms. The van der Waals surface area contributed by atoms with E-state index in [-0.39, 0.29) is 10.8 Å². The van der Waals surface area contributed by atoms with Crippen LogP contribution < -0.4 is 4.74 Å². The van der Waals surface area contributed by atoms with Gasteiger partial charge in [-0.3, -0.25) is 0 Å². The Bertz CT molecular complexity index is 327. The number of ether oxygens (including phenoxy) is 1. The van der Waals surface area contributed by atoms with E-state index >= 15 is 0 Å². The second-order valence-electron chi connectivity index (χ2n) is 2.48. The third kappa shape index (κ3) is 3.75. The zero-order valence-corrected chi connectivity index (χ0v) is 9.08. The number of alkyl halides is 3. The molecule has 1 aromatic rings. The molecule has 0 unspecified atom stereocenters. The Labute approximate surface area is 91.9 Å². The number of halogens is 5. The predicted octanol–water partition coefficient (Wildman–Crippen LogP) is 4.04. The predicted molar refractivity (Wildman–Crippen MR) is 50.7 cm³/mol. The van der Waals surface area contributed by atoms with E-state index in [9.17, 15) is 13.2 Å². The zero-order chi connectivity index (χ0) is 10.8. The average Bonchev–Trinajstić information content (AvgIpc) is 2.00. The molecule has 78 valence electrons. The summed E-state index contributed by atoms with van der Waals surface area (Å²) >= 11 is 8.76. The first-order valence-electron chi connectivity index (χ1n) is 3.53. The van der Waals surface area contributed by atoms with Gasteiger partial charge in [0.15, 0.2) is 6.61 Å². The van der Waals surface area contributed by atoms with Crippen LogP contribution >= 0.6 is 27.5 Å². The Balaban J connectivity index is 2.68. The Morgan fingerprint density at radius 3 is 2.50 bits per heavy atom. The quantitative estimate of drug-likeness (QED) is 0.798. The number of hydrogen-bond acceptors (Lipinski definition) is 1. The van der Waals surface area contributed by atoms with Gasteiger partial charge in [0.1, 0.15) is 5.75 Å². The monoisotopic (exact) mass is 288 g/mol. The molecule has 0 saturated heterocycles. The first kappa shape index (κ1) is 11.7. The molecule has 0 aromatic heterocycles. The van der Waals surface area contributed by atoms with Crippen LogP contribution in [0.4, 0.5) is 13.2 Å². The van der Waals surface area contributed by atoms with Crippen molar-refractivity contribution in [2.75, 3.05) is 6.61 Å². The van der Waals surface area contributed by atoms with Crippen LogP contribution in [0.1, 0.15) is 0 Å². The molecule has 0 aliphatic rings. The summed E-state index contributed by atoms with van der Waals surface area (Å²) in [6.07, 6.45) is -4.35. The van der Waals surface area contributed by atoms with Gasteiger partial charge in [-0.25, -0.2) is 0 Å². The molecule has 0 spiro atoms. The summed E-state index contributed by atoms with van der Waals surface area (Å²) in [5, 5.41) is 0.142. The Hall–Kier alpha value is -0.420. The van der Waals surface area contributed by atoms with Crippen molar-refractivity contribution in [1.82, 2.24) is 0 Å². The highest BCUT2D eigenvalue weighted by molar-refractivity contribution is 9.10. The van der Waals surface area contributed by atoms with Gasteiger partial charge in [-0.2, -0.15) is 13.2 Å². The summed E-state index contributed by atoms with van der Waals surface area (Å²) in [5.41, 5.74) is 0. The van der Waals surface area contributed by atoms with Crippen molar-refractivity contribution in [3.63, 3.8) is 0 Å². The molecule has 0 amide bonds. The maximum atomic E-state index is 11.8. The standard InChI is InChI=1S/C8H5BrClF3O/c9-5-1-2-7(6(10)3-5)14-4-8(11,12)13/h1-3H,4H2. The zero-order valence-electron chi connectivity index (χ0n) is 6.74. The summed E-state index contributed by atoms with van der Waals surface area (Å²) in [5.74, 6) is 0.0205. The average molecular weight is 289 g/mol. The topological polar surface area (TPSA) is 9.23 Å². The molecule has 0 radical (unpaired) electrons. The van der Waals surface area contributed by atoms with Crippen LogP contribution in [-0.4, -0.2) is 12.8 Å². The summed E-state index contributed by atoms with van der Waals surface area (Å²) in [6.45, 7) is -1.34. The molecule has 0 heterocycles. The molecule has 1 aromatic carbocycles. The van der Waals surface area contributed by atoms with Crippen LogP contribution in [0.25, 0.3) is 0 Å². The van der Waals surface area contributed by atoms with Crippen molar-refractivity contribution in [2.24, 2.45) is 0 Å². The second-order valence-corrected chi connectivity index (χ2v) is 3.80. The minimum Gasteiger partial charge on any atom is -0.483 e. The third-order valence-electron chi connectivity index (χ3n) is 1.29. The van der Waals surface area contributed by atoms with E-state index in [0.717, 1.165) is 0 Å². The summed E-state index contributed by atoms with van der Waals surface area (Å²) in [4.78, 5) is 0. The molecule has 1 rings (SSSR count). The Morgan fingerprint density at radius 1 is 1.36 bits per heavy atom. The van der Waals surface area contributed by atoms with Gasteiger partial charge in [-0.15, -0.1) is 0 Å². The van der Waals surface area contributed by atoms with E-state index in [2.05, 4.69) is 20.7 Å². The highest BCUT2D eigenvalue weighted by atomic mass is 79.9. The van der Waals surface area contributed by atoms with Gasteiger partial charge in [0.25, 0.3) is 0 Å². The maximum absolute atomic E-state index is 11.8. The number of hydrogen-bond donors (Lipinski definition) is 0. The van der Waals surface area contributed by atoms with E-state index < -0.39 is 12.8 Å². The van der Waals surface area contributed by atoms with Crippen molar-refractivity contribution in [3.05, 3.63) is 27.7 Å². The highest BCUT2D eigenvalue weighted by Crippen LogP contribution is 2.29. The molecule has 1 nitrogen and oxygen atoms in total. The van der Waals surface area contributed by atoms with E-state index in [1.807, 2.05) is 0 Å². The molecular formula is C8H5BrClF3O. The molecule has 6 heteroatoms. The lowest BCUT2D eigenvalue weighted by Gasteiger charge is -2.10. The minimum absolute atomic E-state index is 0.0205. The van der Waals surface area contributed by atoms with Crippen molar-refractivity contribution in [3.8, 4) is 5.75 Å². The minimum atomic E-state index is -4.35. The molecule has 0 atom stereocenters. The van der Waals surface area contributed by atoms with E-state index in [1.165, 1.54) is 12.1 Å². The largest absolute Gasteiger partial charge is 0.483 e. The van der Waals surface area contributed by atoms with Crippen molar-refractivity contribution >= 4 is 27.5 Å². The molecule has 0 fully saturated rings. The highest BCUT2D eigenvalue weighted by Gasteiger charge is 2.28. The summed E-state index contributed by atoms with van der Waals surface area (Å²) in [7, 11) is 0. The lowest BCUT2D eigenvalue weighted by Crippen LogP contribution is -2.19. The molecule has 0 N–H and O–H groups in total. The maximum Gasteiger partial charge on any atom is 0.422 e. The lowest BCUT2D eigenvalue weighted by molar-refractivity contribution is -0.153. The van der Waals surface area contributed by atoms with Gasteiger partial charge in [0.2, 0.25) is 0 Å². The molecule has 0 aliphatic carbocycles. The smallest absolute Gasteiger partial charge is 0.422 e. The van der Waals surface area contributed by atoms with Crippen molar-refractivity contribution < 1.29 is 17.9 Å². The van der Waals surface area contributed by atoms with Gasteiger partial charge < -0.3 is 4.74 Å². The molecule has 0 aliphatic heterocycles. The van der Waals surface area contributed by atoms with Crippen LogP contribution in [0, 0.1) is 0 Å². The van der Waals surface area contributed by atoms with Crippen LogP contribution in [-0.2, 0) is 0 Å². The summed E-state index contributed by atoms with van der Waals surface area (Å²) in [6, 6.07) is 4.39. The SMILES string of the molecule is FC(F)(F)COc1ccc(Br)cc1Cl. The van der Waals surface area contributed by atoms with E-state index in [1.54, 1.807) is 6.07 Å². The van der Waals surface area contributed by atoms with Crippen LogP contribution in [0.5, 0.6) is 5.75 Å². The summed E-state index contributed by atoms with van der Waals surface area (Å²) < 4.78 is 40.5. The van der Waals surface area contributed by atoms with Gasteiger partial charge in [0, 0.05) is 4.47 Å². The fourth-order valence-corrected chi connectivity index (χ4v) is 1.48. The fraction of sp³-hybridized carbons (Fsp3) is 0.250. The van der Waals surface area contributed by atoms with Crippen LogP contribution in [0.3, 0.4) is 0 Å². The van der Waals surface area contributed by atoms with Crippen molar-refractivity contribution in [2.45, 2.75) is 6.18 Å². The fourth-order valence-electron chi connectivity index (χ4n) is 0.752. The van der Waals surface area contributed by atoms with Gasteiger partial charge in [-0.1, -0.05) is 27.5 Å². The first-order valence-corrected chi connectivity index (χ1v) is 4.70. The van der Waals surface area contributed by atoms with Gasteiger partial charge in [0.05, 0.1) is 5.02 Å². The third-order valence-corrected chi connectivity index (χ3v) is 2.07. The van der Waals surface area contributed by atoms with Gasteiger partial charge >= 0.3 is 6.18 Å². The normalized spacial score (nSPS) is 11.5. The van der Waals surface area contributed by atoms with Crippen LogP contribution in [0.2, 0.25) is 5.02 Å². The molecular weight excluding hydrogens is 284 g/mol. The molecule has 0 saturated carbocycles. The van der Waals surface area contributed by atoms with Crippen LogP contribution in [0.15, 0.2) is 22.7 Å².